The molecule has 2 aromatic rings. The summed E-state index contributed by atoms with van der Waals surface area (Å²) in [5.74, 6) is 1.01. The molecule has 6 nitrogen and oxygen atoms in total. The Hall–Kier alpha value is -2.05. The summed E-state index contributed by atoms with van der Waals surface area (Å²) in [6.45, 7) is -0.216. The van der Waals surface area contributed by atoms with E-state index in [4.69, 9.17) is 19.7 Å². The minimum absolute atomic E-state index is 0.216. The lowest BCUT2D eigenvalue weighted by Crippen LogP contribution is -2.26. The minimum atomic E-state index is -1.61. The fourth-order valence-corrected chi connectivity index (χ4v) is 1.98. The highest BCUT2D eigenvalue weighted by Gasteiger charge is 2.12. The second kappa shape index (κ2) is 5.29. The Morgan fingerprint density at radius 2 is 1.95 bits per heavy atom. The molecule has 0 aliphatic heterocycles. The largest absolute Gasteiger partial charge is 0.497 e. The van der Waals surface area contributed by atoms with Crippen molar-refractivity contribution in [2.45, 2.75) is 12.8 Å². The summed E-state index contributed by atoms with van der Waals surface area (Å²) in [5, 5.41) is 18.8. The van der Waals surface area contributed by atoms with Crippen LogP contribution in [0.25, 0.3) is 10.9 Å². The summed E-state index contributed by atoms with van der Waals surface area (Å²) in [7, 11) is 2.99. The van der Waals surface area contributed by atoms with Crippen molar-refractivity contribution in [2.24, 2.45) is 0 Å². The molecule has 0 saturated carbocycles. The lowest BCUT2D eigenvalue weighted by molar-refractivity contribution is -0.0511. The molecule has 2 rings (SSSR count). The average molecular weight is 265 g/mol. The van der Waals surface area contributed by atoms with Crippen LogP contribution in [0.2, 0.25) is 0 Å². The first-order chi connectivity index (χ1) is 9.06. The number of aliphatic hydroxyl groups is 2. The number of rotatable bonds is 4. The number of nitrogens with zero attached hydrogens (tertiary/aromatic N) is 1. The van der Waals surface area contributed by atoms with E-state index in [0.29, 0.717) is 22.4 Å². The summed E-state index contributed by atoms with van der Waals surface area (Å²) in [6, 6.07) is 6.47. The Kier molecular flexibility index (Phi) is 3.73. The normalized spacial score (nSPS) is 11.0. The maximum Gasteiger partial charge on any atom is 0.254 e. The molecule has 0 radical (unpaired) electrons. The number of pyridine rings is 1. The molecule has 1 aromatic carbocycles. The maximum atomic E-state index is 12.0. The summed E-state index contributed by atoms with van der Waals surface area (Å²) in [6.07, 6.45) is -1.61. The van der Waals surface area contributed by atoms with Crippen LogP contribution in [0.4, 0.5) is 0 Å². The van der Waals surface area contributed by atoms with E-state index in [1.54, 1.807) is 18.2 Å². The van der Waals surface area contributed by atoms with Gasteiger partial charge in [0.05, 0.1) is 26.3 Å². The van der Waals surface area contributed by atoms with Crippen molar-refractivity contribution in [3.8, 4) is 11.5 Å². The first-order valence-corrected chi connectivity index (χ1v) is 5.68. The van der Waals surface area contributed by atoms with Crippen molar-refractivity contribution >= 4 is 10.9 Å². The van der Waals surface area contributed by atoms with Gasteiger partial charge in [-0.3, -0.25) is 4.79 Å². The SMILES string of the molecule is COc1ccc2c(OC)cc(=O)n(CC(O)O)c2c1. The molecular weight excluding hydrogens is 250 g/mol. The third-order valence-corrected chi connectivity index (χ3v) is 2.85. The van der Waals surface area contributed by atoms with E-state index in [9.17, 15) is 4.79 Å². The van der Waals surface area contributed by atoms with Gasteiger partial charge in [0.2, 0.25) is 0 Å². The third-order valence-electron chi connectivity index (χ3n) is 2.85. The third kappa shape index (κ3) is 2.54. The zero-order valence-corrected chi connectivity index (χ0v) is 10.7. The number of fused-ring (bicyclic) bond motifs is 1. The summed E-state index contributed by atoms with van der Waals surface area (Å²) >= 11 is 0. The van der Waals surface area contributed by atoms with E-state index in [2.05, 4.69) is 0 Å². The lowest BCUT2D eigenvalue weighted by atomic mass is 10.2. The van der Waals surface area contributed by atoms with Gasteiger partial charge in [-0.2, -0.15) is 0 Å². The van der Waals surface area contributed by atoms with Gasteiger partial charge in [-0.15, -0.1) is 0 Å². The van der Waals surface area contributed by atoms with Crippen molar-refractivity contribution in [1.82, 2.24) is 4.57 Å². The van der Waals surface area contributed by atoms with Gasteiger partial charge in [-0.05, 0) is 12.1 Å². The van der Waals surface area contributed by atoms with Gasteiger partial charge < -0.3 is 24.3 Å². The van der Waals surface area contributed by atoms with Crippen molar-refractivity contribution in [3.63, 3.8) is 0 Å². The standard InChI is InChI=1S/C13H15NO5/c1-18-8-3-4-9-10(5-8)14(7-13(16)17)12(15)6-11(9)19-2/h3-6,13,16-17H,7H2,1-2H3. The van der Waals surface area contributed by atoms with Crippen LogP contribution in [0.1, 0.15) is 0 Å². The number of hydrogen-bond donors (Lipinski definition) is 2. The Morgan fingerprint density at radius 1 is 1.21 bits per heavy atom. The number of aliphatic hydroxyl groups excluding tert-OH is 1. The highest BCUT2D eigenvalue weighted by molar-refractivity contribution is 5.86. The van der Waals surface area contributed by atoms with Gasteiger partial charge >= 0.3 is 0 Å². The molecule has 0 aliphatic carbocycles. The van der Waals surface area contributed by atoms with Crippen molar-refractivity contribution < 1.29 is 19.7 Å². The van der Waals surface area contributed by atoms with E-state index >= 15 is 0 Å². The van der Waals surface area contributed by atoms with Crippen LogP contribution >= 0.6 is 0 Å². The average Bonchev–Trinajstić information content (AvgIpc) is 2.40. The molecule has 0 aliphatic rings. The Balaban J connectivity index is 2.78. The van der Waals surface area contributed by atoms with Crippen molar-refractivity contribution in [1.29, 1.82) is 0 Å². The second-order valence-corrected chi connectivity index (χ2v) is 4.03. The smallest absolute Gasteiger partial charge is 0.254 e. The maximum absolute atomic E-state index is 12.0. The van der Waals surface area contributed by atoms with Crippen LogP contribution in [0, 0.1) is 0 Å². The molecule has 2 N–H and O–H groups in total. The summed E-state index contributed by atoms with van der Waals surface area (Å²) in [4.78, 5) is 12.0. The first kappa shape index (κ1) is 13.4. The lowest BCUT2D eigenvalue weighted by Gasteiger charge is -2.14. The van der Waals surface area contributed by atoms with Crippen LogP contribution in [0.5, 0.6) is 11.5 Å². The summed E-state index contributed by atoms with van der Waals surface area (Å²) < 4.78 is 11.5. The van der Waals surface area contributed by atoms with Crippen LogP contribution in [0.15, 0.2) is 29.1 Å². The molecular formula is C13H15NO5. The number of hydrogen-bond acceptors (Lipinski definition) is 5. The fourth-order valence-electron chi connectivity index (χ4n) is 1.98. The number of methoxy groups -OCH3 is 2. The van der Waals surface area contributed by atoms with Crippen LogP contribution < -0.4 is 15.0 Å². The zero-order valence-electron chi connectivity index (χ0n) is 10.7. The quantitative estimate of drug-likeness (QED) is 0.779. The van der Waals surface area contributed by atoms with Crippen LogP contribution in [-0.4, -0.2) is 35.3 Å². The van der Waals surface area contributed by atoms with Gasteiger partial charge in [-0.1, -0.05) is 0 Å². The Bertz CT molecular complexity index is 647. The molecule has 6 heteroatoms. The fraction of sp³-hybridized carbons (Fsp3) is 0.308. The van der Waals surface area contributed by atoms with Crippen LogP contribution in [-0.2, 0) is 6.54 Å². The molecule has 1 heterocycles. The molecule has 0 atom stereocenters. The Labute approximate surface area is 109 Å². The minimum Gasteiger partial charge on any atom is -0.497 e. The molecule has 0 amide bonds. The van der Waals surface area contributed by atoms with Gasteiger partial charge in [0.15, 0.2) is 6.29 Å². The van der Waals surface area contributed by atoms with Gasteiger partial charge in [0.1, 0.15) is 11.5 Å². The van der Waals surface area contributed by atoms with Gasteiger partial charge in [0.25, 0.3) is 5.56 Å². The highest BCUT2D eigenvalue weighted by atomic mass is 16.5. The topological polar surface area (TPSA) is 80.9 Å². The zero-order chi connectivity index (χ0) is 14.0. The second-order valence-electron chi connectivity index (χ2n) is 4.03. The predicted octanol–water partition coefficient (Wildman–Crippen LogP) is 0.329. The van der Waals surface area contributed by atoms with Crippen LogP contribution in [0.3, 0.4) is 0 Å². The van der Waals surface area contributed by atoms with Crippen molar-refractivity contribution in [2.75, 3.05) is 14.2 Å². The first-order valence-electron chi connectivity index (χ1n) is 5.68. The number of benzene rings is 1. The highest BCUT2D eigenvalue weighted by Crippen LogP contribution is 2.27. The molecule has 19 heavy (non-hydrogen) atoms. The molecule has 0 unspecified atom stereocenters. The molecule has 0 fully saturated rings. The van der Waals surface area contributed by atoms with E-state index in [0.717, 1.165) is 0 Å². The molecule has 0 spiro atoms. The predicted molar refractivity (Wildman–Crippen MR) is 69.5 cm³/mol. The van der Waals surface area contributed by atoms with E-state index in [-0.39, 0.29) is 12.1 Å². The molecule has 102 valence electrons. The summed E-state index contributed by atoms with van der Waals surface area (Å²) in [5.41, 5.74) is 0.155. The number of aromatic nitrogens is 1. The number of ether oxygens (including phenoxy) is 2. The molecule has 0 saturated heterocycles. The van der Waals surface area contributed by atoms with Crippen molar-refractivity contribution in [3.05, 3.63) is 34.6 Å². The monoisotopic (exact) mass is 265 g/mol. The molecule has 1 aromatic heterocycles. The van der Waals surface area contributed by atoms with E-state index < -0.39 is 6.29 Å². The van der Waals surface area contributed by atoms with E-state index in [1.807, 2.05) is 0 Å². The molecule has 0 bridgehead atoms. The van der Waals surface area contributed by atoms with E-state index in [1.165, 1.54) is 24.9 Å². The van der Waals surface area contributed by atoms with Gasteiger partial charge in [-0.25, -0.2) is 0 Å². The van der Waals surface area contributed by atoms with Gasteiger partial charge in [0, 0.05) is 17.5 Å². The Morgan fingerprint density at radius 3 is 2.53 bits per heavy atom.